The van der Waals surface area contributed by atoms with Crippen molar-refractivity contribution < 1.29 is 12.8 Å². The Morgan fingerprint density at radius 3 is 2.73 bits per heavy atom. The van der Waals surface area contributed by atoms with E-state index in [1.54, 1.807) is 6.92 Å². The summed E-state index contributed by atoms with van der Waals surface area (Å²) in [5.41, 5.74) is 0.539. The normalized spacial score (nSPS) is 11.7. The summed E-state index contributed by atoms with van der Waals surface area (Å²) in [7, 11) is -3.57. The zero-order valence-electron chi connectivity index (χ0n) is 8.13. The van der Waals surface area contributed by atoms with Gasteiger partial charge in [-0.25, -0.2) is 17.5 Å². The number of hydrogen-bond acceptors (Lipinski definition) is 2. The van der Waals surface area contributed by atoms with E-state index in [2.05, 4.69) is 27.3 Å². The molecule has 0 saturated carbocycles. The van der Waals surface area contributed by atoms with Crippen LogP contribution in [-0.4, -0.2) is 19.4 Å². The van der Waals surface area contributed by atoms with Crippen molar-refractivity contribution in [3.05, 3.63) is 29.6 Å². The van der Waals surface area contributed by atoms with E-state index in [0.717, 1.165) is 6.07 Å². The van der Waals surface area contributed by atoms with Crippen molar-refractivity contribution in [2.45, 2.75) is 11.8 Å². The molecule has 0 amide bonds. The van der Waals surface area contributed by atoms with Gasteiger partial charge in [0.25, 0.3) is 0 Å². The molecule has 0 aliphatic heterocycles. The minimum atomic E-state index is -3.57. The number of rotatable bonds is 4. The summed E-state index contributed by atoms with van der Waals surface area (Å²) in [4.78, 5) is 0.00681. The zero-order chi connectivity index (χ0) is 11.5. The summed E-state index contributed by atoms with van der Waals surface area (Å²) in [6, 6.07) is 3.73. The molecule has 0 unspecified atom stereocenters. The van der Waals surface area contributed by atoms with Gasteiger partial charge in [-0.15, -0.1) is 0 Å². The summed E-state index contributed by atoms with van der Waals surface area (Å²) in [6.45, 7) is 1.98. The lowest BCUT2D eigenvalue weighted by atomic mass is 10.2. The summed E-state index contributed by atoms with van der Waals surface area (Å²) in [5, 5.41) is 0. The van der Waals surface area contributed by atoms with Gasteiger partial charge in [0.05, 0.1) is 4.90 Å². The average Bonchev–Trinajstić information content (AvgIpc) is 2.18. The standard InChI is InChI=1S/C9H11FINO2S/c1-7-2-3-8(10)6-9(7)15(13,14)12-5-4-11/h2-3,6,12H,4-5H2,1H3. The third kappa shape index (κ3) is 3.39. The SMILES string of the molecule is Cc1ccc(F)cc1S(=O)(=O)NCCI. The molecule has 1 aromatic carbocycles. The molecule has 0 heterocycles. The molecular formula is C9H11FINO2S. The fraction of sp³-hybridized carbons (Fsp3) is 0.333. The number of nitrogens with one attached hydrogen (secondary N) is 1. The minimum absolute atomic E-state index is 0.00681. The van der Waals surface area contributed by atoms with Gasteiger partial charge in [-0.3, -0.25) is 0 Å². The van der Waals surface area contributed by atoms with Gasteiger partial charge >= 0.3 is 0 Å². The fourth-order valence-electron chi connectivity index (χ4n) is 1.11. The van der Waals surface area contributed by atoms with Gasteiger partial charge in [-0.1, -0.05) is 28.7 Å². The van der Waals surface area contributed by atoms with Crippen LogP contribution in [0.3, 0.4) is 0 Å². The van der Waals surface area contributed by atoms with Crippen LogP contribution in [0.4, 0.5) is 4.39 Å². The van der Waals surface area contributed by atoms with Crippen LogP contribution >= 0.6 is 22.6 Å². The molecule has 0 radical (unpaired) electrons. The van der Waals surface area contributed by atoms with Crippen LogP contribution in [0, 0.1) is 12.7 Å². The molecule has 0 aliphatic carbocycles. The molecule has 0 fully saturated rings. The van der Waals surface area contributed by atoms with Gasteiger partial charge in [-0.2, -0.15) is 0 Å². The molecule has 15 heavy (non-hydrogen) atoms. The van der Waals surface area contributed by atoms with Crippen molar-refractivity contribution in [2.75, 3.05) is 11.0 Å². The predicted octanol–water partition coefficient (Wildman–Crippen LogP) is 1.85. The second-order valence-corrected chi connectivity index (χ2v) is 5.81. The first kappa shape index (κ1) is 12.9. The molecule has 6 heteroatoms. The van der Waals surface area contributed by atoms with Crippen LogP contribution in [0.5, 0.6) is 0 Å². The highest BCUT2D eigenvalue weighted by Gasteiger charge is 2.16. The van der Waals surface area contributed by atoms with E-state index < -0.39 is 15.8 Å². The monoisotopic (exact) mass is 343 g/mol. The fourth-order valence-corrected chi connectivity index (χ4v) is 3.04. The van der Waals surface area contributed by atoms with E-state index in [-0.39, 0.29) is 4.90 Å². The van der Waals surface area contributed by atoms with Crippen molar-refractivity contribution in [3.63, 3.8) is 0 Å². The smallest absolute Gasteiger partial charge is 0.210 e. The summed E-state index contributed by atoms with van der Waals surface area (Å²) in [5.74, 6) is -0.546. The highest BCUT2D eigenvalue weighted by atomic mass is 127. The topological polar surface area (TPSA) is 46.2 Å². The quantitative estimate of drug-likeness (QED) is 0.670. The van der Waals surface area contributed by atoms with E-state index >= 15 is 0 Å². The molecule has 0 aliphatic rings. The van der Waals surface area contributed by atoms with Crippen LogP contribution in [0.15, 0.2) is 23.1 Å². The van der Waals surface area contributed by atoms with Crippen LogP contribution in [0.2, 0.25) is 0 Å². The molecule has 0 atom stereocenters. The number of alkyl halides is 1. The summed E-state index contributed by atoms with van der Waals surface area (Å²) in [6.07, 6.45) is 0. The van der Waals surface area contributed by atoms with Gasteiger partial charge in [0.15, 0.2) is 0 Å². The zero-order valence-corrected chi connectivity index (χ0v) is 11.1. The van der Waals surface area contributed by atoms with Crippen molar-refractivity contribution in [2.24, 2.45) is 0 Å². The van der Waals surface area contributed by atoms with Gasteiger partial charge in [-0.05, 0) is 24.6 Å². The Morgan fingerprint density at radius 1 is 1.47 bits per heavy atom. The molecule has 1 N–H and O–H groups in total. The Bertz CT molecular complexity index is 447. The number of benzene rings is 1. The molecule has 1 aromatic rings. The van der Waals surface area contributed by atoms with E-state index in [9.17, 15) is 12.8 Å². The first-order valence-corrected chi connectivity index (χ1v) is 7.30. The van der Waals surface area contributed by atoms with Gasteiger partial charge in [0.2, 0.25) is 10.0 Å². The molecule has 84 valence electrons. The molecule has 0 spiro atoms. The predicted molar refractivity (Wildman–Crippen MR) is 65.2 cm³/mol. The maximum Gasteiger partial charge on any atom is 0.240 e. The Hall–Kier alpha value is -0.210. The highest BCUT2D eigenvalue weighted by molar-refractivity contribution is 14.1. The second-order valence-electron chi connectivity index (χ2n) is 3.00. The lowest BCUT2D eigenvalue weighted by molar-refractivity contribution is 0.579. The Kier molecular flexibility index (Phi) is 4.47. The Labute approximate surface area is 102 Å². The summed E-state index contributed by atoms with van der Waals surface area (Å²) >= 11 is 2.06. The van der Waals surface area contributed by atoms with Crippen LogP contribution in [0.1, 0.15) is 5.56 Å². The number of aryl methyl sites for hydroxylation is 1. The number of sulfonamides is 1. The molecule has 0 bridgehead atoms. The van der Waals surface area contributed by atoms with Crippen molar-refractivity contribution >= 4 is 32.6 Å². The number of hydrogen-bond donors (Lipinski definition) is 1. The largest absolute Gasteiger partial charge is 0.240 e. The van der Waals surface area contributed by atoms with Crippen LogP contribution < -0.4 is 4.72 Å². The van der Waals surface area contributed by atoms with Gasteiger partial charge < -0.3 is 0 Å². The minimum Gasteiger partial charge on any atom is -0.210 e. The molecule has 0 saturated heterocycles. The van der Waals surface area contributed by atoms with E-state index in [0.29, 0.717) is 16.5 Å². The van der Waals surface area contributed by atoms with Crippen LogP contribution in [-0.2, 0) is 10.0 Å². The van der Waals surface area contributed by atoms with E-state index in [4.69, 9.17) is 0 Å². The Balaban J connectivity index is 3.09. The second kappa shape index (κ2) is 5.22. The maximum atomic E-state index is 12.9. The molecule has 1 rings (SSSR count). The highest BCUT2D eigenvalue weighted by Crippen LogP contribution is 2.15. The van der Waals surface area contributed by atoms with E-state index in [1.807, 2.05) is 0 Å². The first-order valence-electron chi connectivity index (χ1n) is 4.29. The van der Waals surface area contributed by atoms with E-state index in [1.165, 1.54) is 12.1 Å². The lowest BCUT2D eigenvalue weighted by Crippen LogP contribution is -2.26. The van der Waals surface area contributed by atoms with Gasteiger partial charge in [0.1, 0.15) is 5.82 Å². The average molecular weight is 343 g/mol. The van der Waals surface area contributed by atoms with Crippen molar-refractivity contribution in [1.29, 1.82) is 0 Å². The van der Waals surface area contributed by atoms with Crippen molar-refractivity contribution in [1.82, 2.24) is 4.72 Å². The van der Waals surface area contributed by atoms with Crippen molar-refractivity contribution in [3.8, 4) is 0 Å². The molecule has 3 nitrogen and oxygen atoms in total. The number of halogens is 2. The third-order valence-corrected chi connectivity index (χ3v) is 3.97. The van der Waals surface area contributed by atoms with Gasteiger partial charge in [0, 0.05) is 11.0 Å². The molecular weight excluding hydrogens is 332 g/mol. The maximum absolute atomic E-state index is 12.9. The summed E-state index contributed by atoms with van der Waals surface area (Å²) < 4.78 is 39.3. The first-order chi connectivity index (χ1) is 6.97. The molecule has 0 aromatic heterocycles. The lowest BCUT2D eigenvalue weighted by Gasteiger charge is -2.07. The van der Waals surface area contributed by atoms with Crippen LogP contribution in [0.25, 0.3) is 0 Å². The Morgan fingerprint density at radius 2 is 2.13 bits per heavy atom. The third-order valence-electron chi connectivity index (χ3n) is 1.83.